The molecule has 1 amide bonds. The summed E-state index contributed by atoms with van der Waals surface area (Å²) >= 11 is 5.32. The largest absolute Gasteiger partial charge is 0.332 e. The van der Waals surface area contributed by atoms with Crippen LogP contribution >= 0.6 is 12.2 Å². The van der Waals surface area contributed by atoms with Crippen LogP contribution < -0.4 is 10.6 Å². The van der Waals surface area contributed by atoms with Gasteiger partial charge in [-0.2, -0.15) is 0 Å². The molecular weight excluding hydrogens is 316 g/mol. The molecule has 0 unspecified atom stereocenters. The summed E-state index contributed by atoms with van der Waals surface area (Å²) in [5, 5.41) is 6.36. The first-order chi connectivity index (χ1) is 11.6. The van der Waals surface area contributed by atoms with Gasteiger partial charge in [-0.3, -0.25) is 4.79 Å². The van der Waals surface area contributed by atoms with E-state index in [9.17, 15) is 4.79 Å². The molecule has 0 bridgehead atoms. The number of benzene rings is 2. The number of anilines is 1. The average molecular weight is 340 g/mol. The third-order valence-electron chi connectivity index (χ3n) is 3.97. The molecule has 0 atom stereocenters. The maximum Gasteiger partial charge on any atom is 0.226 e. The summed E-state index contributed by atoms with van der Waals surface area (Å²) < 4.78 is 0. The molecule has 0 radical (unpaired) electrons. The summed E-state index contributed by atoms with van der Waals surface area (Å²) in [6.07, 6.45) is 2.96. The van der Waals surface area contributed by atoms with Crippen molar-refractivity contribution in [1.29, 1.82) is 0 Å². The molecule has 0 aliphatic heterocycles. The van der Waals surface area contributed by atoms with Crippen molar-refractivity contribution in [2.24, 2.45) is 0 Å². The number of hydrogen-bond donors (Lipinski definition) is 2. The Kier molecular flexibility index (Phi) is 6.94. The molecule has 2 rings (SSSR count). The van der Waals surface area contributed by atoms with Crippen LogP contribution in [0.3, 0.4) is 0 Å². The third kappa shape index (κ3) is 5.17. The Morgan fingerprint density at radius 2 is 1.58 bits per heavy atom. The highest BCUT2D eigenvalue weighted by Crippen LogP contribution is 2.22. The lowest BCUT2D eigenvalue weighted by Gasteiger charge is -2.16. The second kappa shape index (κ2) is 9.18. The smallest absolute Gasteiger partial charge is 0.226 e. The van der Waals surface area contributed by atoms with Crippen LogP contribution in [0, 0.1) is 0 Å². The van der Waals surface area contributed by atoms with Gasteiger partial charge in [0.2, 0.25) is 5.91 Å². The van der Waals surface area contributed by atoms with Crippen molar-refractivity contribution < 1.29 is 4.79 Å². The molecule has 3 nitrogen and oxygen atoms in total. The number of thiocarbonyl (C=S) groups is 1. The van der Waals surface area contributed by atoms with Crippen molar-refractivity contribution in [1.82, 2.24) is 5.32 Å². The predicted octanol–water partition coefficient (Wildman–Crippen LogP) is 4.26. The molecule has 0 fully saturated rings. The molecule has 2 aromatic carbocycles. The van der Waals surface area contributed by atoms with E-state index in [1.54, 1.807) is 0 Å². The van der Waals surface area contributed by atoms with Crippen LogP contribution in [0.1, 0.15) is 37.0 Å². The highest BCUT2D eigenvalue weighted by molar-refractivity contribution is 7.80. The van der Waals surface area contributed by atoms with Crippen LogP contribution in [-0.4, -0.2) is 11.0 Å². The van der Waals surface area contributed by atoms with Crippen molar-refractivity contribution in [3.8, 4) is 0 Å². The quantitative estimate of drug-likeness (QED) is 0.772. The molecule has 0 saturated carbocycles. The first-order valence-electron chi connectivity index (χ1n) is 8.39. The highest BCUT2D eigenvalue weighted by atomic mass is 32.1. The van der Waals surface area contributed by atoms with Gasteiger partial charge in [0.15, 0.2) is 5.11 Å². The van der Waals surface area contributed by atoms with E-state index in [0.29, 0.717) is 18.0 Å². The van der Waals surface area contributed by atoms with E-state index >= 15 is 0 Å². The van der Waals surface area contributed by atoms with E-state index < -0.39 is 0 Å². The van der Waals surface area contributed by atoms with Crippen LogP contribution in [0.4, 0.5) is 5.69 Å². The van der Waals surface area contributed by atoms with Crippen molar-refractivity contribution in [2.75, 3.05) is 5.32 Å². The first kappa shape index (κ1) is 18.1. The summed E-state index contributed by atoms with van der Waals surface area (Å²) in [4.78, 5) is 12.1. The fourth-order valence-corrected chi connectivity index (χ4v) is 2.86. The molecule has 4 heteroatoms. The summed E-state index contributed by atoms with van der Waals surface area (Å²) in [6, 6.07) is 16.2. The minimum absolute atomic E-state index is 0.0663. The van der Waals surface area contributed by atoms with Crippen LogP contribution in [0.15, 0.2) is 48.5 Å². The monoisotopic (exact) mass is 340 g/mol. The van der Waals surface area contributed by atoms with Crippen molar-refractivity contribution in [2.45, 2.75) is 39.5 Å². The van der Waals surface area contributed by atoms with Crippen molar-refractivity contribution >= 4 is 28.9 Å². The lowest BCUT2D eigenvalue weighted by molar-refractivity contribution is -0.119. The highest BCUT2D eigenvalue weighted by Gasteiger charge is 2.10. The zero-order valence-electron chi connectivity index (χ0n) is 14.3. The Labute approximate surface area is 149 Å². The van der Waals surface area contributed by atoms with Gasteiger partial charge in [-0.15, -0.1) is 0 Å². The predicted molar refractivity (Wildman–Crippen MR) is 104 cm³/mol. The Morgan fingerprint density at radius 3 is 2.17 bits per heavy atom. The molecule has 0 spiro atoms. The number of carbonyl (C=O) groups is 1. The van der Waals surface area contributed by atoms with Crippen LogP contribution in [0.2, 0.25) is 0 Å². The zero-order chi connectivity index (χ0) is 17.4. The summed E-state index contributed by atoms with van der Waals surface area (Å²) in [6.45, 7) is 4.23. The molecule has 2 aromatic rings. The number of aryl methyl sites for hydroxylation is 3. The molecule has 0 saturated heterocycles. The first-order valence-corrected chi connectivity index (χ1v) is 8.80. The number of amides is 1. The van der Waals surface area contributed by atoms with Crippen LogP contribution in [-0.2, 0) is 24.1 Å². The number of nitrogens with one attached hydrogen (secondary N) is 2. The van der Waals surface area contributed by atoms with E-state index in [2.05, 4.69) is 42.7 Å². The van der Waals surface area contributed by atoms with E-state index in [4.69, 9.17) is 12.2 Å². The van der Waals surface area contributed by atoms with E-state index in [1.807, 2.05) is 30.3 Å². The van der Waals surface area contributed by atoms with Gasteiger partial charge in [-0.1, -0.05) is 62.4 Å². The number of rotatable bonds is 6. The Bertz CT molecular complexity index is 676. The maximum absolute atomic E-state index is 12.1. The Morgan fingerprint density at radius 1 is 0.958 bits per heavy atom. The fourth-order valence-electron chi connectivity index (χ4n) is 2.64. The van der Waals surface area contributed by atoms with Crippen LogP contribution in [0.25, 0.3) is 0 Å². The lowest BCUT2D eigenvalue weighted by Crippen LogP contribution is -2.34. The number of para-hydroxylation sites is 1. The fraction of sp³-hybridized carbons (Fsp3) is 0.300. The minimum Gasteiger partial charge on any atom is -0.332 e. The summed E-state index contributed by atoms with van der Waals surface area (Å²) in [7, 11) is 0. The summed E-state index contributed by atoms with van der Waals surface area (Å²) in [5.74, 6) is -0.0663. The van der Waals surface area contributed by atoms with Gasteiger partial charge in [0.05, 0.1) is 0 Å². The molecule has 0 heterocycles. The Balaban J connectivity index is 1.92. The maximum atomic E-state index is 12.1. The van der Waals surface area contributed by atoms with Gasteiger partial charge < -0.3 is 10.6 Å². The minimum atomic E-state index is -0.0663. The molecule has 24 heavy (non-hydrogen) atoms. The van der Waals surface area contributed by atoms with Gasteiger partial charge in [-0.05, 0) is 48.2 Å². The third-order valence-corrected chi connectivity index (χ3v) is 4.18. The second-order valence-electron chi connectivity index (χ2n) is 5.65. The second-order valence-corrected chi connectivity index (χ2v) is 6.05. The normalized spacial score (nSPS) is 10.2. The number of hydrogen-bond acceptors (Lipinski definition) is 2. The van der Waals surface area contributed by atoms with E-state index in [-0.39, 0.29) is 5.91 Å². The molecule has 0 aliphatic rings. The standard InChI is InChI=1S/C20H24N2OS/c1-3-16-11-8-12-17(4-2)19(16)22-20(24)21-18(23)14-13-15-9-6-5-7-10-15/h5-12H,3-4,13-14H2,1-2H3,(H2,21,22,23,24). The topological polar surface area (TPSA) is 41.1 Å². The van der Waals surface area contributed by atoms with Gasteiger partial charge in [0.1, 0.15) is 0 Å². The van der Waals surface area contributed by atoms with E-state index in [1.165, 1.54) is 11.1 Å². The average Bonchev–Trinajstić information content (AvgIpc) is 2.61. The SMILES string of the molecule is CCc1cccc(CC)c1NC(=S)NC(=O)CCc1ccccc1. The Hall–Kier alpha value is -2.20. The zero-order valence-corrected chi connectivity index (χ0v) is 15.1. The number of carbonyl (C=O) groups excluding carboxylic acids is 1. The van der Waals surface area contributed by atoms with Gasteiger partial charge >= 0.3 is 0 Å². The van der Waals surface area contributed by atoms with Crippen LogP contribution in [0.5, 0.6) is 0 Å². The molecular formula is C20H24N2OS. The molecule has 2 N–H and O–H groups in total. The van der Waals surface area contributed by atoms with Crippen molar-refractivity contribution in [3.63, 3.8) is 0 Å². The van der Waals surface area contributed by atoms with Gasteiger partial charge in [0.25, 0.3) is 0 Å². The van der Waals surface area contributed by atoms with E-state index in [0.717, 1.165) is 24.1 Å². The molecule has 0 aliphatic carbocycles. The lowest BCUT2D eigenvalue weighted by atomic mass is 10.0. The summed E-state index contributed by atoms with van der Waals surface area (Å²) in [5.41, 5.74) is 4.58. The van der Waals surface area contributed by atoms with Gasteiger partial charge in [-0.25, -0.2) is 0 Å². The van der Waals surface area contributed by atoms with Gasteiger partial charge in [0, 0.05) is 12.1 Å². The molecule has 126 valence electrons. The molecule has 0 aromatic heterocycles. The van der Waals surface area contributed by atoms with Crippen molar-refractivity contribution in [3.05, 3.63) is 65.2 Å².